The average Bonchev–Trinajstić information content (AvgIpc) is 3.49. The lowest BCUT2D eigenvalue weighted by Crippen LogP contribution is -2.52. The van der Waals surface area contributed by atoms with Crippen molar-refractivity contribution >= 4 is 32.7 Å². The first-order valence-corrected chi connectivity index (χ1v) is 12.3. The average molecular weight is 468 g/mol. The second-order valence-electron chi connectivity index (χ2n) is 8.82. The quantitative estimate of drug-likeness (QED) is 0.658. The molecular formula is C21H26FN3O6S. The van der Waals surface area contributed by atoms with E-state index in [0.29, 0.717) is 29.5 Å². The molecule has 3 heterocycles. The fourth-order valence-electron chi connectivity index (χ4n) is 4.72. The minimum Gasteiger partial charge on any atom is -0.477 e. The molecule has 9 nitrogen and oxygen atoms in total. The molecule has 2 bridgehead atoms. The maximum atomic E-state index is 15.0. The maximum Gasteiger partial charge on any atom is 0.341 e. The summed E-state index contributed by atoms with van der Waals surface area (Å²) in [5, 5.41) is 9.50. The summed E-state index contributed by atoms with van der Waals surface area (Å²) >= 11 is 0. The number of aromatic nitrogens is 1. The van der Waals surface area contributed by atoms with Crippen LogP contribution in [0.5, 0.6) is 0 Å². The lowest BCUT2D eigenvalue weighted by Gasteiger charge is -2.40. The first-order chi connectivity index (χ1) is 14.9. The Hall–Kier alpha value is -2.50. The first-order valence-electron chi connectivity index (χ1n) is 10.4. The second-order valence-corrected chi connectivity index (χ2v) is 10.3. The van der Waals surface area contributed by atoms with Gasteiger partial charge in [-0.05, 0) is 44.9 Å². The van der Waals surface area contributed by atoms with Crippen LogP contribution in [0.4, 0.5) is 10.1 Å². The van der Waals surface area contributed by atoms with E-state index < -0.39 is 27.3 Å². The molecule has 1 saturated carbocycles. The summed E-state index contributed by atoms with van der Waals surface area (Å²) in [5.41, 5.74) is 0.247. The zero-order valence-electron chi connectivity index (χ0n) is 17.9. The van der Waals surface area contributed by atoms with Crippen LogP contribution in [-0.2, 0) is 10.1 Å². The van der Waals surface area contributed by atoms with Gasteiger partial charge in [0.15, 0.2) is 0 Å². The van der Waals surface area contributed by atoms with Crippen LogP contribution in [0.15, 0.2) is 23.1 Å². The number of halogens is 1. The Morgan fingerprint density at radius 3 is 2.12 bits per heavy atom. The number of piperazine rings is 1. The molecule has 32 heavy (non-hydrogen) atoms. The van der Waals surface area contributed by atoms with E-state index in [0.717, 1.165) is 38.8 Å². The van der Waals surface area contributed by atoms with Crippen molar-refractivity contribution in [1.29, 1.82) is 0 Å². The van der Waals surface area contributed by atoms with Crippen molar-refractivity contribution in [3.05, 3.63) is 39.9 Å². The van der Waals surface area contributed by atoms with Gasteiger partial charge in [0.05, 0.1) is 17.5 Å². The zero-order valence-corrected chi connectivity index (χ0v) is 18.7. The summed E-state index contributed by atoms with van der Waals surface area (Å²) in [5.74, 6) is -1.72. The number of hydrogen-bond donors (Lipinski definition) is 2. The molecule has 5 rings (SSSR count). The van der Waals surface area contributed by atoms with Gasteiger partial charge in [-0.2, -0.15) is 8.42 Å². The van der Waals surface area contributed by atoms with Gasteiger partial charge in [0.25, 0.3) is 10.1 Å². The van der Waals surface area contributed by atoms with Gasteiger partial charge in [-0.15, -0.1) is 0 Å². The smallest absolute Gasteiger partial charge is 0.341 e. The molecule has 2 saturated heterocycles. The van der Waals surface area contributed by atoms with E-state index in [1.807, 2.05) is 4.57 Å². The number of carbonyl (C=O) groups is 1. The Bertz CT molecular complexity index is 1220. The third kappa shape index (κ3) is 4.50. The lowest BCUT2D eigenvalue weighted by molar-refractivity contribution is 0.0694. The highest BCUT2D eigenvalue weighted by atomic mass is 32.2. The Morgan fingerprint density at radius 2 is 1.62 bits per heavy atom. The van der Waals surface area contributed by atoms with E-state index in [1.54, 1.807) is 6.07 Å². The van der Waals surface area contributed by atoms with Crippen molar-refractivity contribution in [3.63, 3.8) is 0 Å². The van der Waals surface area contributed by atoms with Crippen LogP contribution in [0.25, 0.3) is 10.9 Å². The van der Waals surface area contributed by atoms with Crippen LogP contribution in [0, 0.1) is 5.82 Å². The van der Waals surface area contributed by atoms with E-state index in [1.165, 1.54) is 12.3 Å². The van der Waals surface area contributed by atoms with Gasteiger partial charge in [0.2, 0.25) is 5.43 Å². The fourth-order valence-corrected chi connectivity index (χ4v) is 4.72. The Labute approximate surface area is 184 Å². The van der Waals surface area contributed by atoms with Crippen LogP contribution in [0.2, 0.25) is 0 Å². The molecule has 1 aromatic heterocycles. The van der Waals surface area contributed by atoms with Gasteiger partial charge < -0.3 is 14.6 Å². The number of anilines is 1. The third-order valence-electron chi connectivity index (χ3n) is 6.46. The number of carboxylic acids is 1. The van der Waals surface area contributed by atoms with Gasteiger partial charge in [0.1, 0.15) is 11.4 Å². The molecule has 1 aromatic carbocycles. The van der Waals surface area contributed by atoms with Crippen molar-refractivity contribution in [2.75, 3.05) is 31.3 Å². The zero-order chi connectivity index (χ0) is 23.4. The summed E-state index contributed by atoms with van der Waals surface area (Å²) in [6, 6.07) is 4.03. The molecule has 174 valence electrons. The summed E-state index contributed by atoms with van der Waals surface area (Å²) in [7, 11) is -1.53. The predicted octanol–water partition coefficient (Wildman–Crippen LogP) is 1.96. The number of nitrogens with zero attached hydrogens (tertiary/aromatic N) is 3. The molecule has 2 N–H and O–H groups in total. The molecule has 2 atom stereocenters. The number of aromatic carboxylic acids is 1. The van der Waals surface area contributed by atoms with E-state index in [-0.39, 0.29) is 17.0 Å². The molecule has 2 aliphatic heterocycles. The maximum absolute atomic E-state index is 15.0. The number of rotatable bonds is 3. The Morgan fingerprint density at radius 1 is 1.09 bits per heavy atom. The summed E-state index contributed by atoms with van der Waals surface area (Å²) < 4.78 is 42.7. The number of pyridine rings is 1. The largest absolute Gasteiger partial charge is 0.477 e. The van der Waals surface area contributed by atoms with Crippen LogP contribution in [0.3, 0.4) is 0 Å². The van der Waals surface area contributed by atoms with Crippen molar-refractivity contribution in [2.45, 2.75) is 43.8 Å². The number of likely N-dealkylation sites (N-methyl/N-ethyl adjacent to an activating group) is 1. The van der Waals surface area contributed by atoms with Crippen LogP contribution in [0.1, 0.15) is 42.1 Å². The number of fused-ring (bicyclic) bond motifs is 3. The Balaban J connectivity index is 0.000000444. The molecular weight excluding hydrogens is 441 g/mol. The topological polar surface area (TPSA) is 120 Å². The summed E-state index contributed by atoms with van der Waals surface area (Å²) in [4.78, 5) is 28.5. The highest BCUT2D eigenvalue weighted by Gasteiger charge is 2.38. The number of benzene rings is 1. The third-order valence-corrected chi connectivity index (χ3v) is 6.46. The minimum absolute atomic E-state index is 0.153. The molecule has 3 aliphatic rings. The van der Waals surface area contributed by atoms with Crippen LogP contribution in [-0.4, -0.2) is 72.0 Å². The van der Waals surface area contributed by atoms with Gasteiger partial charge in [0, 0.05) is 42.8 Å². The first kappa shape index (κ1) is 22.7. The standard InChI is InChI=1S/C20H22FN3O3.CH4O3S/c1-22-12-4-5-13(22)9-23(8-12)18-7-17-14(6-16(18)21)19(25)15(20(26)27)10-24(17)11-2-3-11;1-5(2,3)4/h6-7,10-13H,2-5,8-9H2,1H3,(H,26,27);1H3,(H,2,3,4). The van der Waals surface area contributed by atoms with Crippen LogP contribution < -0.4 is 10.3 Å². The summed E-state index contributed by atoms with van der Waals surface area (Å²) in [6.45, 7) is 1.55. The highest BCUT2D eigenvalue weighted by Crippen LogP contribution is 2.39. The van der Waals surface area contributed by atoms with Gasteiger partial charge >= 0.3 is 5.97 Å². The molecule has 0 radical (unpaired) electrons. The molecule has 11 heteroatoms. The van der Waals surface area contributed by atoms with Crippen molar-refractivity contribution in [1.82, 2.24) is 9.47 Å². The minimum atomic E-state index is -3.67. The predicted molar refractivity (Wildman–Crippen MR) is 118 cm³/mol. The molecule has 0 amide bonds. The van der Waals surface area contributed by atoms with E-state index in [4.69, 9.17) is 4.55 Å². The van der Waals surface area contributed by atoms with Gasteiger partial charge in [-0.3, -0.25) is 14.2 Å². The molecule has 3 fully saturated rings. The fraction of sp³-hybridized carbons (Fsp3) is 0.524. The highest BCUT2D eigenvalue weighted by molar-refractivity contribution is 7.85. The molecule has 2 aromatic rings. The van der Waals surface area contributed by atoms with Crippen LogP contribution >= 0.6 is 0 Å². The van der Waals surface area contributed by atoms with Crippen molar-refractivity contribution in [3.8, 4) is 0 Å². The van der Waals surface area contributed by atoms with Gasteiger partial charge in [-0.25, -0.2) is 9.18 Å². The monoisotopic (exact) mass is 467 g/mol. The lowest BCUT2D eigenvalue weighted by atomic mass is 10.1. The van der Waals surface area contributed by atoms with Crippen molar-refractivity contribution < 1.29 is 27.3 Å². The Kier molecular flexibility index (Phi) is 5.76. The molecule has 1 aliphatic carbocycles. The number of hydrogen-bond acceptors (Lipinski definition) is 6. The SMILES string of the molecule is CN1C2CCC1CN(c1cc3c(cc1F)c(=O)c(C(=O)O)cn3C1CC1)C2.CS(=O)(=O)O. The number of carboxylic acid groups (broad SMARTS) is 1. The normalized spacial score (nSPS) is 23.2. The van der Waals surface area contributed by atoms with E-state index in [9.17, 15) is 27.5 Å². The molecule has 2 unspecified atom stereocenters. The summed E-state index contributed by atoms with van der Waals surface area (Å²) in [6.07, 6.45) is 6.29. The van der Waals surface area contributed by atoms with E-state index in [2.05, 4.69) is 16.8 Å². The van der Waals surface area contributed by atoms with Crippen molar-refractivity contribution in [2.24, 2.45) is 0 Å². The second kappa shape index (κ2) is 8.13. The van der Waals surface area contributed by atoms with Gasteiger partial charge in [-0.1, -0.05) is 0 Å². The van der Waals surface area contributed by atoms with E-state index >= 15 is 0 Å². The molecule has 0 spiro atoms.